The number of likely N-dealkylation sites (tertiary alicyclic amines) is 1. The third-order valence-corrected chi connectivity index (χ3v) is 4.39. The van der Waals surface area contributed by atoms with Crippen LogP contribution >= 0.6 is 0 Å². The molecule has 2 atom stereocenters. The Morgan fingerprint density at radius 3 is 2.95 bits per heavy atom. The summed E-state index contributed by atoms with van der Waals surface area (Å²) in [6.45, 7) is 3.26. The molecule has 0 unspecified atom stereocenters. The molecule has 1 saturated heterocycles. The van der Waals surface area contributed by atoms with E-state index in [9.17, 15) is 9.59 Å². The fraction of sp³-hybridized carbons (Fsp3) is 0.562. The highest BCUT2D eigenvalue weighted by molar-refractivity contribution is 5.79. The predicted molar refractivity (Wildman–Crippen MR) is 80.0 cm³/mol. The van der Waals surface area contributed by atoms with Gasteiger partial charge in [0.05, 0.1) is 0 Å². The predicted octanol–water partition coefficient (Wildman–Crippen LogP) is 1.75. The number of aryl methyl sites for hydroxylation is 1. The first-order valence-corrected chi connectivity index (χ1v) is 7.65. The topological polar surface area (TPSA) is 66.1 Å². The molecule has 112 valence electrons. The van der Waals surface area contributed by atoms with Crippen molar-refractivity contribution in [3.8, 4) is 0 Å². The van der Waals surface area contributed by atoms with Crippen molar-refractivity contribution in [2.24, 2.45) is 5.92 Å². The zero-order chi connectivity index (χ0) is 14.8. The fourth-order valence-corrected chi connectivity index (χ4v) is 3.26. The van der Waals surface area contributed by atoms with Gasteiger partial charge in [-0.3, -0.25) is 9.59 Å². The van der Waals surface area contributed by atoms with E-state index in [1.54, 1.807) is 0 Å². The molecule has 0 aromatic carbocycles. The molecular weight excluding hydrogens is 266 g/mol. The quantitative estimate of drug-likeness (QED) is 0.843. The maximum absolute atomic E-state index is 12.5. The number of amides is 1. The van der Waals surface area contributed by atoms with E-state index in [1.165, 1.54) is 6.07 Å². The van der Waals surface area contributed by atoms with Crippen LogP contribution in [-0.2, 0) is 4.79 Å². The number of H-pyrrole nitrogens is 1. The molecule has 5 heteroatoms. The number of aromatic nitrogens is 2. The van der Waals surface area contributed by atoms with Crippen molar-refractivity contribution in [3.05, 3.63) is 40.1 Å². The molecule has 1 aliphatic carbocycles. The summed E-state index contributed by atoms with van der Waals surface area (Å²) in [4.78, 5) is 33.2. The number of hydrogen-bond donors (Lipinski definition) is 1. The van der Waals surface area contributed by atoms with Crippen LogP contribution in [-0.4, -0.2) is 33.9 Å². The van der Waals surface area contributed by atoms with Crippen molar-refractivity contribution in [1.82, 2.24) is 14.9 Å². The van der Waals surface area contributed by atoms with Gasteiger partial charge in [0.15, 0.2) is 0 Å². The maximum Gasteiger partial charge on any atom is 0.251 e. The van der Waals surface area contributed by atoms with Crippen LogP contribution in [0.1, 0.15) is 43.1 Å². The van der Waals surface area contributed by atoms with Gasteiger partial charge in [-0.2, -0.15) is 0 Å². The van der Waals surface area contributed by atoms with Gasteiger partial charge in [-0.15, -0.1) is 0 Å². The average Bonchev–Trinajstić information content (AvgIpc) is 2.96. The molecule has 0 radical (unpaired) electrons. The van der Waals surface area contributed by atoms with Gasteiger partial charge in [-0.25, -0.2) is 4.98 Å². The molecule has 2 heterocycles. The first kappa shape index (κ1) is 14.0. The summed E-state index contributed by atoms with van der Waals surface area (Å²) in [6.07, 6.45) is 7.95. The van der Waals surface area contributed by atoms with Gasteiger partial charge in [0.1, 0.15) is 5.82 Å². The van der Waals surface area contributed by atoms with E-state index in [0.29, 0.717) is 6.54 Å². The first-order valence-electron chi connectivity index (χ1n) is 7.65. The molecule has 3 rings (SSSR count). The highest BCUT2D eigenvalue weighted by atomic mass is 16.2. The minimum absolute atomic E-state index is 0.111. The Balaban J connectivity index is 1.68. The van der Waals surface area contributed by atoms with Gasteiger partial charge < -0.3 is 9.88 Å². The van der Waals surface area contributed by atoms with Crippen molar-refractivity contribution in [1.29, 1.82) is 0 Å². The van der Waals surface area contributed by atoms with Crippen LogP contribution < -0.4 is 5.56 Å². The second kappa shape index (κ2) is 5.84. The molecule has 1 aliphatic heterocycles. The molecule has 1 aromatic rings. The van der Waals surface area contributed by atoms with Gasteiger partial charge in [-0.05, 0) is 32.6 Å². The lowest BCUT2D eigenvalue weighted by Crippen LogP contribution is -2.34. The van der Waals surface area contributed by atoms with Crippen molar-refractivity contribution in [2.75, 3.05) is 13.1 Å². The van der Waals surface area contributed by atoms with Crippen LogP contribution in [0.25, 0.3) is 0 Å². The second-order valence-electron chi connectivity index (χ2n) is 6.02. The molecule has 0 bridgehead atoms. The van der Waals surface area contributed by atoms with Crippen LogP contribution in [0.15, 0.2) is 23.0 Å². The number of aromatic amines is 1. The molecule has 1 N–H and O–H groups in total. The van der Waals surface area contributed by atoms with E-state index in [4.69, 9.17) is 0 Å². The second-order valence-corrected chi connectivity index (χ2v) is 6.02. The van der Waals surface area contributed by atoms with Crippen molar-refractivity contribution in [3.63, 3.8) is 0 Å². The third-order valence-electron chi connectivity index (χ3n) is 4.39. The lowest BCUT2D eigenvalue weighted by atomic mass is 9.93. The van der Waals surface area contributed by atoms with E-state index >= 15 is 0 Å². The number of nitrogens with zero attached hydrogens (tertiary/aromatic N) is 2. The lowest BCUT2D eigenvalue weighted by Gasteiger charge is -2.24. The summed E-state index contributed by atoms with van der Waals surface area (Å²) >= 11 is 0. The van der Waals surface area contributed by atoms with E-state index in [2.05, 4.69) is 22.1 Å². The monoisotopic (exact) mass is 287 g/mol. The lowest BCUT2D eigenvalue weighted by molar-refractivity contribution is -0.134. The van der Waals surface area contributed by atoms with Crippen LogP contribution in [0.4, 0.5) is 0 Å². The molecule has 1 fully saturated rings. The number of hydrogen-bond acceptors (Lipinski definition) is 3. The third kappa shape index (κ3) is 3.06. The minimum atomic E-state index is -0.111. The van der Waals surface area contributed by atoms with Crippen LogP contribution in [0.3, 0.4) is 0 Å². The van der Waals surface area contributed by atoms with Gasteiger partial charge >= 0.3 is 0 Å². The largest absolute Gasteiger partial charge is 0.342 e. The summed E-state index contributed by atoms with van der Waals surface area (Å²) in [7, 11) is 0. The van der Waals surface area contributed by atoms with Crippen molar-refractivity contribution >= 4 is 5.91 Å². The molecular formula is C16H21N3O2. The maximum atomic E-state index is 12.5. The normalized spacial score (nSPS) is 25.3. The smallest absolute Gasteiger partial charge is 0.251 e. The van der Waals surface area contributed by atoms with Gasteiger partial charge in [0.2, 0.25) is 5.91 Å². The number of carbonyl (C=O) groups excluding carboxylic acids is 1. The minimum Gasteiger partial charge on any atom is -0.342 e. The summed E-state index contributed by atoms with van der Waals surface area (Å²) < 4.78 is 0. The molecule has 21 heavy (non-hydrogen) atoms. The van der Waals surface area contributed by atoms with E-state index < -0.39 is 0 Å². The molecule has 1 aromatic heterocycles. The average molecular weight is 287 g/mol. The van der Waals surface area contributed by atoms with Crippen LogP contribution in [0.5, 0.6) is 0 Å². The SMILES string of the molecule is Cc1cc(=O)[nH]c([C@H]2CCN(C(=O)[C@@H]3CC=CCC3)C2)n1. The molecule has 5 nitrogen and oxygen atoms in total. The summed E-state index contributed by atoms with van der Waals surface area (Å²) in [5.74, 6) is 1.27. The van der Waals surface area contributed by atoms with Gasteiger partial charge in [0.25, 0.3) is 5.56 Å². The number of rotatable bonds is 2. The molecule has 0 spiro atoms. The standard InChI is InChI=1S/C16H21N3O2/c1-11-9-14(20)18-15(17-11)13-7-8-19(10-13)16(21)12-5-3-2-4-6-12/h2-3,9,12-13H,4-8,10H2,1H3,(H,17,18,20)/t12-,13+/m1/s1. The molecule has 2 aliphatic rings. The van der Waals surface area contributed by atoms with Crippen molar-refractivity contribution in [2.45, 2.75) is 38.5 Å². The zero-order valence-corrected chi connectivity index (χ0v) is 12.3. The van der Waals surface area contributed by atoms with Gasteiger partial charge in [0, 0.05) is 36.7 Å². The Morgan fingerprint density at radius 2 is 2.24 bits per heavy atom. The highest BCUT2D eigenvalue weighted by Crippen LogP contribution is 2.28. The number of allylic oxidation sites excluding steroid dienone is 2. The zero-order valence-electron chi connectivity index (χ0n) is 12.3. The van der Waals surface area contributed by atoms with Crippen molar-refractivity contribution < 1.29 is 4.79 Å². The Bertz CT molecular complexity index is 620. The summed E-state index contributed by atoms with van der Waals surface area (Å²) in [5.41, 5.74) is 0.621. The Kier molecular flexibility index (Phi) is 3.90. The molecule has 0 saturated carbocycles. The number of nitrogens with one attached hydrogen (secondary N) is 1. The van der Waals surface area contributed by atoms with Crippen LogP contribution in [0, 0.1) is 12.8 Å². The first-order chi connectivity index (χ1) is 10.1. The van der Waals surface area contributed by atoms with Gasteiger partial charge in [-0.1, -0.05) is 12.2 Å². The van der Waals surface area contributed by atoms with E-state index in [-0.39, 0.29) is 23.3 Å². The Labute approximate surface area is 124 Å². The summed E-state index contributed by atoms with van der Waals surface area (Å²) in [6, 6.07) is 1.50. The van der Waals surface area contributed by atoms with E-state index in [0.717, 1.165) is 43.7 Å². The van der Waals surface area contributed by atoms with E-state index in [1.807, 2.05) is 11.8 Å². The number of carbonyl (C=O) groups is 1. The Morgan fingerprint density at radius 1 is 1.38 bits per heavy atom. The Hall–Kier alpha value is -1.91. The molecule has 1 amide bonds. The fourth-order valence-electron chi connectivity index (χ4n) is 3.26. The highest BCUT2D eigenvalue weighted by Gasteiger charge is 2.32. The summed E-state index contributed by atoms with van der Waals surface area (Å²) in [5, 5.41) is 0. The van der Waals surface area contributed by atoms with Crippen LogP contribution in [0.2, 0.25) is 0 Å².